The maximum Gasteiger partial charge on any atom is 0.232 e. The lowest BCUT2D eigenvalue weighted by Gasteiger charge is -2.47. The van der Waals surface area contributed by atoms with Gasteiger partial charge in [0, 0.05) is 42.1 Å². The summed E-state index contributed by atoms with van der Waals surface area (Å²) in [4.78, 5) is 19.6. The molecular weight excluding hydrogens is 388 g/mol. The maximum absolute atomic E-state index is 13.0. The summed E-state index contributed by atoms with van der Waals surface area (Å²) >= 11 is 6.10. The fourth-order valence-electron chi connectivity index (χ4n) is 4.70. The van der Waals surface area contributed by atoms with Gasteiger partial charge in [-0.2, -0.15) is 0 Å². The molecular formula is C22H23ClN4O2. The van der Waals surface area contributed by atoms with Crippen molar-refractivity contribution in [1.82, 2.24) is 4.90 Å². The van der Waals surface area contributed by atoms with E-state index in [4.69, 9.17) is 27.1 Å². The van der Waals surface area contributed by atoms with Crippen molar-refractivity contribution >= 4 is 34.8 Å². The second-order valence-electron chi connectivity index (χ2n) is 7.93. The number of fused-ring (bicyclic) bond motifs is 2. The predicted octanol–water partition coefficient (Wildman–Crippen LogP) is 3.56. The molecule has 150 valence electrons. The van der Waals surface area contributed by atoms with Gasteiger partial charge in [0.25, 0.3) is 0 Å². The quantitative estimate of drug-likeness (QED) is 0.810. The van der Waals surface area contributed by atoms with Crippen LogP contribution in [0.1, 0.15) is 30.4 Å². The largest absolute Gasteiger partial charge is 0.381 e. The first kappa shape index (κ1) is 18.5. The van der Waals surface area contributed by atoms with Crippen LogP contribution in [0.5, 0.6) is 0 Å². The van der Waals surface area contributed by atoms with Crippen LogP contribution in [0.2, 0.25) is 5.02 Å². The smallest absolute Gasteiger partial charge is 0.232 e. The number of ether oxygens (including phenoxy) is 1. The molecule has 1 aliphatic carbocycles. The standard InChI is InChI=1S/C22H23ClN4O2/c23-14-3-1-4-15(11-14)25-19-6-2-5-18-17(19)12-22(18)13-20(28)27(21(24)26-22)16-7-9-29-10-8-16/h1-6,11,16,25H,7-10,12-13H2,(H2,24,26)/t22-/m0/s1. The Kier molecular flexibility index (Phi) is 4.48. The van der Waals surface area contributed by atoms with Gasteiger partial charge in [-0.25, -0.2) is 4.99 Å². The molecule has 2 aliphatic heterocycles. The number of nitrogens with two attached hydrogens (primary N) is 1. The number of carbonyl (C=O) groups excluding carboxylic acids is 1. The van der Waals surface area contributed by atoms with Crippen molar-refractivity contribution in [2.45, 2.75) is 37.3 Å². The number of nitrogens with one attached hydrogen (secondary N) is 1. The van der Waals surface area contributed by atoms with Crippen LogP contribution in [0, 0.1) is 0 Å². The Hall–Kier alpha value is -2.57. The minimum Gasteiger partial charge on any atom is -0.381 e. The van der Waals surface area contributed by atoms with Gasteiger partial charge in [0.1, 0.15) is 5.54 Å². The second-order valence-corrected chi connectivity index (χ2v) is 8.37. The third-order valence-electron chi connectivity index (χ3n) is 6.09. The fourth-order valence-corrected chi connectivity index (χ4v) is 4.89. The number of rotatable bonds is 3. The van der Waals surface area contributed by atoms with E-state index in [-0.39, 0.29) is 11.9 Å². The maximum atomic E-state index is 13.0. The SMILES string of the molecule is NC1=N[C@]2(CC(=O)N1C1CCOCC1)Cc1c(Nc3cccc(Cl)c3)cccc12. The summed E-state index contributed by atoms with van der Waals surface area (Å²) < 4.78 is 5.42. The average molecular weight is 411 g/mol. The molecule has 7 heteroatoms. The van der Waals surface area contributed by atoms with Gasteiger partial charge in [0.2, 0.25) is 5.91 Å². The molecule has 0 bridgehead atoms. The molecule has 1 amide bonds. The number of benzene rings is 2. The molecule has 1 fully saturated rings. The highest BCUT2D eigenvalue weighted by atomic mass is 35.5. The number of anilines is 2. The lowest BCUT2D eigenvalue weighted by molar-refractivity contribution is -0.133. The Morgan fingerprint density at radius 1 is 1.17 bits per heavy atom. The zero-order chi connectivity index (χ0) is 20.0. The number of nitrogens with zero attached hydrogens (tertiary/aromatic N) is 2. The topological polar surface area (TPSA) is 80.0 Å². The lowest BCUT2D eigenvalue weighted by Crippen LogP contribution is -2.58. The highest BCUT2D eigenvalue weighted by Crippen LogP contribution is 2.50. The molecule has 0 radical (unpaired) electrons. The molecule has 2 aromatic carbocycles. The Morgan fingerprint density at radius 2 is 1.97 bits per heavy atom. The lowest BCUT2D eigenvalue weighted by atomic mass is 9.67. The zero-order valence-corrected chi connectivity index (χ0v) is 16.8. The molecule has 0 aromatic heterocycles. The molecule has 0 saturated carbocycles. The Labute approximate surface area is 174 Å². The van der Waals surface area contributed by atoms with Crippen LogP contribution >= 0.6 is 11.6 Å². The molecule has 0 unspecified atom stereocenters. The van der Waals surface area contributed by atoms with Crippen molar-refractivity contribution in [2.75, 3.05) is 18.5 Å². The van der Waals surface area contributed by atoms with Crippen LogP contribution in [0.15, 0.2) is 47.5 Å². The van der Waals surface area contributed by atoms with Crippen molar-refractivity contribution in [1.29, 1.82) is 0 Å². The number of aliphatic imine (C=N–C) groups is 1. The van der Waals surface area contributed by atoms with Gasteiger partial charge < -0.3 is 15.8 Å². The van der Waals surface area contributed by atoms with E-state index in [9.17, 15) is 4.79 Å². The van der Waals surface area contributed by atoms with E-state index in [0.717, 1.165) is 29.8 Å². The van der Waals surface area contributed by atoms with Crippen LogP contribution in [-0.2, 0) is 21.5 Å². The molecule has 3 aliphatic rings. The Bertz CT molecular complexity index is 1000. The number of amides is 1. The van der Waals surface area contributed by atoms with E-state index < -0.39 is 5.54 Å². The van der Waals surface area contributed by atoms with E-state index in [2.05, 4.69) is 11.4 Å². The van der Waals surface area contributed by atoms with Crippen LogP contribution in [0.25, 0.3) is 0 Å². The summed E-state index contributed by atoms with van der Waals surface area (Å²) in [7, 11) is 0. The first-order valence-corrected chi connectivity index (χ1v) is 10.3. The monoisotopic (exact) mass is 410 g/mol. The highest BCUT2D eigenvalue weighted by Gasteiger charge is 2.50. The summed E-state index contributed by atoms with van der Waals surface area (Å²) in [6.45, 7) is 1.32. The van der Waals surface area contributed by atoms with Crippen LogP contribution in [-0.4, -0.2) is 36.0 Å². The highest BCUT2D eigenvalue weighted by molar-refractivity contribution is 6.30. The van der Waals surface area contributed by atoms with E-state index in [0.29, 0.717) is 37.0 Å². The fraction of sp³-hybridized carbons (Fsp3) is 0.364. The normalized spacial score (nSPS) is 24.1. The average Bonchev–Trinajstić information content (AvgIpc) is 2.69. The van der Waals surface area contributed by atoms with E-state index >= 15 is 0 Å². The Morgan fingerprint density at radius 3 is 2.72 bits per heavy atom. The number of halogens is 1. The minimum absolute atomic E-state index is 0.0586. The van der Waals surface area contributed by atoms with E-state index in [1.165, 1.54) is 5.56 Å². The molecule has 1 atom stereocenters. The molecule has 29 heavy (non-hydrogen) atoms. The third-order valence-corrected chi connectivity index (χ3v) is 6.33. The number of hydrogen-bond donors (Lipinski definition) is 2. The van der Waals surface area contributed by atoms with Crippen molar-refractivity contribution in [2.24, 2.45) is 10.7 Å². The van der Waals surface area contributed by atoms with Gasteiger partial charge in [-0.3, -0.25) is 9.69 Å². The number of carbonyl (C=O) groups is 1. The van der Waals surface area contributed by atoms with Gasteiger partial charge >= 0.3 is 0 Å². The van der Waals surface area contributed by atoms with Crippen LogP contribution in [0.4, 0.5) is 11.4 Å². The van der Waals surface area contributed by atoms with Gasteiger partial charge in [-0.05, 0) is 48.2 Å². The summed E-state index contributed by atoms with van der Waals surface area (Å²) in [6.07, 6.45) is 2.66. The van der Waals surface area contributed by atoms with Crippen LogP contribution in [0.3, 0.4) is 0 Å². The third kappa shape index (κ3) is 3.16. The van der Waals surface area contributed by atoms with Gasteiger partial charge in [0.15, 0.2) is 5.96 Å². The molecule has 1 spiro atoms. The van der Waals surface area contributed by atoms with Crippen molar-refractivity contribution in [3.05, 3.63) is 58.6 Å². The first-order chi connectivity index (χ1) is 14.1. The summed E-state index contributed by atoms with van der Waals surface area (Å²) in [5, 5.41) is 4.12. The summed E-state index contributed by atoms with van der Waals surface area (Å²) in [5.41, 5.74) is 9.97. The van der Waals surface area contributed by atoms with Crippen molar-refractivity contribution < 1.29 is 9.53 Å². The molecule has 1 saturated heterocycles. The first-order valence-electron chi connectivity index (χ1n) is 9.96. The van der Waals surface area contributed by atoms with Crippen molar-refractivity contribution in [3.8, 4) is 0 Å². The van der Waals surface area contributed by atoms with E-state index in [1.807, 2.05) is 36.4 Å². The van der Waals surface area contributed by atoms with Gasteiger partial charge in [-0.15, -0.1) is 0 Å². The van der Waals surface area contributed by atoms with Gasteiger partial charge in [0.05, 0.1) is 6.42 Å². The van der Waals surface area contributed by atoms with Crippen LogP contribution < -0.4 is 11.1 Å². The van der Waals surface area contributed by atoms with Gasteiger partial charge in [-0.1, -0.05) is 29.8 Å². The summed E-state index contributed by atoms with van der Waals surface area (Å²) in [6, 6.07) is 13.8. The van der Waals surface area contributed by atoms with E-state index in [1.54, 1.807) is 4.90 Å². The van der Waals surface area contributed by atoms with Crippen molar-refractivity contribution in [3.63, 3.8) is 0 Å². The number of guanidine groups is 1. The summed E-state index contributed by atoms with van der Waals surface area (Å²) in [5.74, 6) is 0.398. The minimum atomic E-state index is -0.538. The molecule has 3 N–H and O–H groups in total. The molecule has 2 aromatic rings. The number of hydrogen-bond acceptors (Lipinski definition) is 5. The molecule has 6 nitrogen and oxygen atoms in total. The zero-order valence-electron chi connectivity index (χ0n) is 16.0. The predicted molar refractivity (Wildman–Crippen MR) is 113 cm³/mol. The molecule has 2 heterocycles. The Balaban J connectivity index is 1.43. The second kappa shape index (κ2) is 7.04. The molecule has 5 rings (SSSR count).